The van der Waals surface area contributed by atoms with Crippen molar-refractivity contribution in [1.82, 2.24) is 4.90 Å². The number of hydrogen-bond acceptors (Lipinski definition) is 4. The second kappa shape index (κ2) is 8.37. The Kier molecular flexibility index (Phi) is 5.22. The summed E-state index contributed by atoms with van der Waals surface area (Å²) in [6, 6.07) is 16.3. The fourth-order valence-electron chi connectivity index (χ4n) is 5.51. The molecule has 0 radical (unpaired) electrons. The number of carbonyl (C=O) groups is 2. The number of anilines is 1. The third-order valence-corrected chi connectivity index (χ3v) is 7.19. The normalized spacial score (nSPS) is 18.2. The lowest BCUT2D eigenvalue weighted by Crippen LogP contribution is -2.53. The summed E-state index contributed by atoms with van der Waals surface area (Å²) in [4.78, 5) is 45.2. The van der Waals surface area contributed by atoms with E-state index in [1.165, 1.54) is 28.0 Å². The number of unbranched alkanes of at least 4 members (excludes halogenated alkanes) is 1. The minimum atomic E-state index is -1.75. The van der Waals surface area contributed by atoms with Crippen LogP contribution in [-0.4, -0.2) is 23.3 Å². The molecular weight excluding hydrogens is 478 g/mol. The van der Waals surface area contributed by atoms with Gasteiger partial charge in [-0.2, -0.15) is 0 Å². The first-order chi connectivity index (χ1) is 17.9. The van der Waals surface area contributed by atoms with Gasteiger partial charge >= 0.3 is 0 Å². The lowest BCUT2D eigenvalue weighted by Gasteiger charge is -2.34. The molecule has 8 heteroatoms. The molecule has 2 aliphatic heterocycles. The van der Waals surface area contributed by atoms with Crippen molar-refractivity contribution in [3.63, 3.8) is 0 Å². The maximum Gasteiger partial charge on any atom is 0.291 e. The van der Waals surface area contributed by atoms with Gasteiger partial charge in [0.25, 0.3) is 11.8 Å². The van der Waals surface area contributed by atoms with Crippen molar-refractivity contribution >= 4 is 28.5 Å². The lowest BCUT2D eigenvalue weighted by molar-refractivity contribution is -0.126. The number of halogens is 2. The minimum absolute atomic E-state index is 0.0365. The van der Waals surface area contributed by atoms with E-state index in [1.54, 1.807) is 36.4 Å². The van der Waals surface area contributed by atoms with Crippen molar-refractivity contribution in [3.8, 4) is 0 Å². The van der Waals surface area contributed by atoms with Gasteiger partial charge in [0.05, 0.1) is 23.2 Å². The fourth-order valence-corrected chi connectivity index (χ4v) is 5.51. The summed E-state index contributed by atoms with van der Waals surface area (Å²) >= 11 is 0. The molecule has 1 atom stereocenters. The van der Waals surface area contributed by atoms with Gasteiger partial charge in [0.15, 0.2) is 11.0 Å². The predicted molar refractivity (Wildman–Crippen MR) is 133 cm³/mol. The van der Waals surface area contributed by atoms with Crippen LogP contribution in [0.2, 0.25) is 0 Å². The van der Waals surface area contributed by atoms with E-state index in [1.807, 2.05) is 6.92 Å². The average molecular weight is 501 g/mol. The number of carbonyl (C=O) groups excluding carboxylic acids is 2. The van der Waals surface area contributed by atoms with Gasteiger partial charge in [-0.25, -0.2) is 8.78 Å². The zero-order chi connectivity index (χ0) is 25.9. The Labute approximate surface area is 210 Å². The standard InChI is InChI=1S/C29H22F2N2O4/c1-2-3-14-33-27(35)26-24(25(34)20-15-19(31)12-13-23(20)37-26)29(33)21-6-4-5-7-22(21)32(28(29)36)16-17-8-10-18(30)11-9-17/h4-13,15H,2-3,14,16H2,1H3. The summed E-state index contributed by atoms with van der Waals surface area (Å²) in [5.74, 6) is -2.27. The molecule has 2 amide bonds. The molecule has 4 aromatic rings. The molecule has 0 N–H and O–H groups in total. The zero-order valence-electron chi connectivity index (χ0n) is 20.0. The molecule has 1 spiro atoms. The Hall–Kier alpha value is -4.33. The number of hydrogen-bond donors (Lipinski definition) is 0. The van der Waals surface area contributed by atoms with Crippen LogP contribution >= 0.6 is 0 Å². The molecule has 0 fully saturated rings. The number of amides is 2. The van der Waals surface area contributed by atoms with E-state index in [2.05, 4.69) is 0 Å². The molecule has 186 valence electrons. The predicted octanol–water partition coefficient (Wildman–Crippen LogP) is 5.12. The van der Waals surface area contributed by atoms with Gasteiger partial charge in [-0.05, 0) is 48.4 Å². The van der Waals surface area contributed by atoms with E-state index < -0.39 is 34.4 Å². The van der Waals surface area contributed by atoms with Gasteiger partial charge < -0.3 is 14.2 Å². The van der Waals surface area contributed by atoms with E-state index in [4.69, 9.17) is 4.42 Å². The highest BCUT2D eigenvalue weighted by Crippen LogP contribution is 2.53. The van der Waals surface area contributed by atoms with Gasteiger partial charge in [0.2, 0.25) is 5.76 Å². The maximum absolute atomic E-state index is 14.5. The van der Waals surface area contributed by atoms with Crippen LogP contribution < -0.4 is 10.3 Å². The summed E-state index contributed by atoms with van der Waals surface area (Å²) in [6.45, 7) is 2.29. The largest absolute Gasteiger partial charge is 0.450 e. The van der Waals surface area contributed by atoms with Crippen LogP contribution in [0.15, 0.2) is 75.9 Å². The van der Waals surface area contributed by atoms with E-state index >= 15 is 0 Å². The third kappa shape index (κ3) is 3.18. The van der Waals surface area contributed by atoms with Crippen molar-refractivity contribution in [1.29, 1.82) is 0 Å². The molecule has 0 saturated carbocycles. The van der Waals surface area contributed by atoms with Crippen LogP contribution in [0.5, 0.6) is 0 Å². The van der Waals surface area contributed by atoms with Gasteiger partial charge in [-0.3, -0.25) is 14.4 Å². The van der Waals surface area contributed by atoms with Gasteiger partial charge in [0.1, 0.15) is 17.2 Å². The van der Waals surface area contributed by atoms with Gasteiger partial charge in [-0.1, -0.05) is 43.7 Å². The highest BCUT2D eigenvalue weighted by atomic mass is 19.1. The molecule has 0 aliphatic carbocycles. The fraction of sp³-hybridized carbons (Fsp3) is 0.207. The Balaban J connectivity index is 1.64. The summed E-state index contributed by atoms with van der Waals surface area (Å²) < 4.78 is 33.6. The quantitative estimate of drug-likeness (QED) is 0.382. The molecule has 0 saturated heterocycles. The number of nitrogens with zero attached hydrogens (tertiary/aromatic N) is 2. The van der Waals surface area contributed by atoms with E-state index in [-0.39, 0.29) is 35.4 Å². The topological polar surface area (TPSA) is 70.8 Å². The van der Waals surface area contributed by atoms with Crippen LogP contribution in [0.25, 0.3) is 11.0 Å². The molecule has 37 heavy (non-hydrogen) atoms. The first-order valence-corrected chi connectivity index (χ1v) is 12.1. The summed E-state index contributed by atoms with van der Waals surface area (Å²) in [6.07, 6.45) is 1.34. The van der Waals surface area contributed by atoms with E-state index in [0.29, 0.717) is 23.2 Å². The summed E-state index contributed by atoms with van der Waals surface area (Å²) in [5, 5.41) is -0.0365. The summed E-state index contributed by atoms with van der Waals surface area (Å²) in [7, 11) is 0. The Morgan fingerprint density at radius 3 is 2.41 bits per heavy atom. The van der Waals surface area contributed by atoms with Crippen molar-refractivity contribution in [3.05, 3.63) is 111 Å². The molecular formula is C29H22F2N2O4. The number of fused-ring (bicyclic) bond motifs is 5. The average Bonchev–Trinajstić information content (AvgIpc) is 3.29. The minimum Gasteiger partial charge on any atom is -0.450 e. The Bertz CT molecular complexity index is 1650. The van der Waals surface area contributed by atoms with Crippen LogP contribution in [0.3, 0.4) is 0 Å². The molecule has 1 unspecified atom stereocenters. The number of para-hydroxylation sites is 1. The van der Waals surface area contributed by atoms with E-state index in [9.17, 15) is 23.2 Å². The second-order valence-electron chi connectivity index (χ2n) is 9.33. The monoisotopic (exact) mass is 500 g/mol. The van der Waals surface area contributed by atoms with Crippen molar-refractivity contribution in [2.75, 3.05) is 11.4 Å². The van der Waals surface area contributed by atoms with Crippen LogP contribution in [0.4, 0.5) is 14.5 Å². The molecule has 1 aromatic heterocycles. The lowest BCUT2D eigenvalue weighted by atomic mass is 9.84. The first kappa shape index (κ1) is 23.1. The molecule has 3 heterocycles. The molecule has 0 bridgehead atoms. The third-order valence-electron chi connectivity index (χ3n) is 7.19. The molecule has 2 aliphatic rings. The van der Waals surface area contributed by atoms with Gasteiger partial charge in [0, 0.05) is 12.1 Å². The highest BCUT2D eigenvalue weighted by molar-refractivity contribution is 6.17. The second-order valence-corrected chi connectivity index (χ2v) is 9.33. The Morgan fingerprint density at radius 2 is 1.65 bits per heavy atom. The number of rotatable bonds is 5. The SMILES string of the molecule is CCCCN1C(=O)c2oc3ccc(F)cc3c(=O)c2C12C(=O)N(Cc1ccc(F)cc1)c1ccccc12. The van der Waals surface area contributed by atoms with Gasteiger partial charge in [-0.15, -0.1) is 0 Å². The van der Waals surface area contributed by atoms with Crippen LogP contribution in [0.1, 0.15) is 47.0 Å². The smallest absolute Gasteiger partial charge is 0.291 e. The van der Waals surface area contributed by atoms with Crippen LogP contribution in [-0.2, 0) is 16.9 Å². The maximum atomic E-state index is 14.5. The van der Waals surface area contributed by atoms with E-state index in [0.717, 1.165) is 18.6 Å². The van der Waals surface area contributed by atoms with Crippen LogP contribution in [0, 0.1) is 11.6 Å². The van der Waals surface area contributed by atoms with Crippen molar-refractivity contribution in [2.45, 2.75) is 31.8 Å². The molecule has 3 aromatic carbocycles. The van der Waals surface area contributed by atoms with Crippen molar-refractivity contribution < 1.29 is 22.8 Å². The highest BCUT2D eigenvalue weighted by Gasteiger charge is 2.64. The first-order valence-electron chi connectivity index (χ1n) is 12.1. The Morgan fingerprint density at radius 1 is 0.919 bits per heavy atom. The molecule has 6 nitrogen and oxygen atoms in total. The summed E-state index contributed by atoms with van der Waals surface area (Å²) in [5.41, 5.74) is -0.683. The zero-order valence-corrected chi connectivity index (χ0v) is 20.0. The molecule has 6 rings (SSSR count). The number of benzene rings is 3. The van der Waals surface area contributed by atoms with Crippen molar-refractivity contribution in [2.24, 2.45) is 0 Å².